The summed E-state index contributed by atoms with van der Waals surface area (Å²) >= 11 is 0. The second-order valence-electron chi connectivity index (χ2n) is 10.3. The summed E-state index contributed by atoms with van der Waals surface area (Å²) in [5, 5.41) is 15.3. The van der Waals surface area contributed by atoms with E-state index in [1.165, 1.54) is 17.0 Å². The Labute approximate surface area is 220 Å². The SMILES string of the molecule is CCCCCNC(=O)C(c1ccc(C)cc1)N(C)C(=O)C(Cc1ccc(O)cc1)NC(=O)OC(C)(C)C. The van der Waals surface area contributed by atoms with E-state index in [1.54, 1.807) is 40.0 Å². The predicted molar refractivity (Wildman–Crippen MR) is 144 cm³/mol. The standard InChI is InChI=1S/C29H41N3O5/c1-7-8-9-18-30-26(34)25(22-14-10-20(2)11-15-22)32(6)27(35)24(31-28(36)37-29(3,4)5)19-21-12-16-23(33)17-13-21/h10-17,24-25,33H,7-9,18-19H2,1-6H3,(H,30,34)(H,31,36). The van der Waals surface area contributed by atoms with Crippen molar-refractivity contribution in [3.8, 4) is 5.75 Å². The van der Waals surface area contributed by atoms with Gasteiger partial charge >= 0.3 is 6.09 Å². The third-order valence-corrected chi connectivity index (χ3v) is 5.82. The fourth-order valence-electron chi connectivity index (χ4n) is 3.87. The molecule has 202 valence electrons. The molecule has 0 radical (unpaired) electrons. The molecule has 8 heteroatoms. The van der Waals surface area contributed by atoms with Gasteiger partial charge in [0.05, 0.1) is 0 Å². The fourth-order valence-corrected chi connectivity index (χ4v) is 3.87. The van der Waals surface area contributed by atoms with Crippen molar-refractivity contribution in [3.05, 3.63) is 65.2 Å². The summed E-state index contributed by atoms with van der Waals surface area (Å²) in [5.74, 6) is -0.618. The second-order valence-corrected chi connectivity index (χ2v) is 10.3. The molecule has 3 N–H and O–H groups in total. The topological polar surface area (TPSA) is 108 Å². The highest BCUT2D eigenvalue weighted by atomic mass is 16.6. The van der Waals surface area contributed by atoms with E-state index in [-0.39, 0.29) is 18.1 Å². The number of rotatable bonds is 11. The van der Waals surface area contributed by atoms with E-state index in [0.29, 0.717) is 12.1 Å². The molecular formula is C29H41N3O5. The maximum absolute atomic E-state index is 13.8. The first-order chi connectivity index (χ1) is 17.4. The zero-order chi connectivity index (χ0) is 27.6. The molecular weight excluding hydrogens is 470 g/mol. The van der Waals surface area contributed by atoms with Gasteiger partial charge in [0.15, 0.2) is 0 Å². The summed E-state index contributed by atoms with van der Waals surface area (Å²) in [5.41, 5.74) is 1.70. The molecule has 3 amide bonds. The number of carbonyl (C=O) groups excluding carboxylic acids is 3. The van der Waals surface area contributed by atoms with E-state index in [1.807, 2.05) is 31.2 Å². The molecule has 2 aromatic rings. The molecule has 0 saturated heterocycles. The van der Waals surface area contributed by atoms with Gasteiger partial charge in [-0.05, 0) is 57.4 Å². The summed E-state index contributed by atoms with van der Waals surface area (Å²) in [6.07, 6.45) is 2.31. The van der Waals surface area contributed by atoms with Gasteiger partial charge in [-0.2, -0.15) is 0 Å². The molecule has 37 heavy (non-hydrogen) atoms. The molecule has 0 fully saturated rings. The molecule has 2 aromatic carbocycles. The first kappa shape index (κ1) is 29.7. The van der Waals surface area contributed by atoms with Crippen LogP contribution in [0.5, 0.6) is 5.75 Å². The number of alkyl carbamates (subject to hydrolysis) is 1. The van der Waals surface area contributed by atoms with Crippen LogP contribution in [0.1, 0.15) is 69.7 Å². The molecule has 2 atom stereocenters. The van der Waals surface area contributed by atoms with Crippen molar-refractivity contribution in [2.24, 2.45) is 0 Å². The number of phenols is 1. The number of ether oxygens (including phenoxy) is 1. The lowest BCUT2D eigenvalue weighted by molar-refractivity contribution is -0.140. The summed E-state index contributed by atoms with van der Waals surface area (Å²) in [4.78, 5) is 41.1. The van der Waals surface area contributed by atoms with Crippen molar-refractivity contribution in [3.63, 3.8) is 0 Å². The number of benzene rings is 2. The van der Waals surface area contributed by atoms with E-state index in [4.69, 9.17) is 4.74 Å². The van der Waals surface area contributed by atoms with Gasteiger partial charge in [0.1, 0.15) is 23.4 Å². The van der Waals surface area contributed by atoms with Crippen LogP contribution in [-0.2, 0) is 20.7 Å². The minimum absolute atomic E-state index is 0.100. The molecule has 0 aliphatic rings. The van der Waals surface area contributed by atoms with Crippen LogP contribution in [0.15, 0.2) is 48.5 Å². The van der Waals surface area contributed by atoms with Crippen LogP contribution >= 0.6 is 0 Å². The Morgan fingerprint density at radius 3 is 2.19 bits per heavy atom. The molecule has 0 aliphatic heterocycles. The summed E-state index contributed by atoms with van der Waals surface area (Å²) in [6, 6.07) is 12.0. The molecule has 0 aliphatic carbocycles. The van der Waals surface area contributed by atoms with Crippen LogP contribution in [0.2, 0.25) is 0 Å². The zero-order valence-electron chi connectivity index (χ0n) is 22.8. The Balaban J connectivity index is 2.35. The van der Waals surface area contributed by atoms with E-state index in [9.17, 15) is 19.5 Å². The van der Waals surface area contributed by atoms with Crippen LogP contribution in [0.4, 0.5) is 4.79 Å². The van der Waals surface area contributed by atoms with Crippen molar-refractivity contribution < 1.29 is 24.2 Å². The summed E-state index contributed by atoms with van der Waals surface area (Å²) in [7, 11) is 1.57. The van der Waals surface area contributed by atoms with Crippen molar-refractivity contribution in [2.75, 3.05) is 13.6 Å². The Morgan fingerprint density at radius 2 is 1.62 bits per heavy atom. The van der Waals surface area contributed by atoms with E-state index >= 15 is 0 Å². The normalized spacial score (nSPS) is 12.8. The molecule has 2 rings (SSSR count). The Morgan fingerprint density at radius 1 is 1.00 bits per heavy atom. The summed E-state index contributed by atoms with van der Waals surface area (Å²) in [6.45, 7) is 9.79. The third kappa shape index (κ3) is 9.79. The maximum Gasteiger partial charge on any atom is 0.408 e. The summed E-state index contributed by atoms with van der Waals surface area (Å²) < 4.78 is 5.40. The average Bonchev–Trinajstić information content (AvgIpc) is 2.82. The van der Waals surface area contributed by atoms with Gasteiger partial charge in [0, 0.05) is 20.0 Å². The maximum atomic E-state index is 13.8. The van der Waals surface area contributed by atoms with Gasteiger partial charge in [-0.1, -0.05) is 61.7 Å². The van der Waals surface area contributed by atoms with Crippen molar-refractivity contribution in [1.82, 2.24) is 15.5 Å². The van der Waals surface area contributed by atoms with Crippen LogP contribution < -0.4 is 10.6 Å². The predicted octanol–water partition coefficient (Wildman–Crippen LogP) is 4.64. The Hall–Kier alpha value is -3.55. The number of unbranched alkanes of at least 4 members (excludes halogenated alkanes) is 2. The molecule has 0 aromatic heterocycles. The van der Waals surface area contributed by atoms with Crippen molar-refractivity contribution >= 4 is 17.9 Å². The number of amides is 3. The third-order valence-electron chi connectivity index (χ3n) is 5.82. The first-order valence-electron chi connectivity index (χ1n) is 12.8. The minimum atomic E-state index is -0.995. The molecule has 0 bridgehead atoms. The van der Waals surface area contributed by atoms with Gasteiger partial charge in [0.25, 0.3) is 0 Å². The Bertz CT molecular complexity index is 1030. The molecule has 2 unspecified atom stereocenters. The quantitative estimate of drug-likeness (QED) is 0.381. The number of hydrogen-bond acceptors (Lipinski definition) is 5. The molecule has 0 heterocycles. The van der Waals surface area contributed by atoms with Crippen LogP contribution in [0.25, 0.3) is 0 Å². The lowest BCUT2D eigenvalue weighted by Gasteiger charge is -2.32. The van der Waals surface area contributed by atoms with Gasteiger partial charge < -0.3 is 25.4 Å². The van der Waals surface area contributed by atoms with Crippen LogP contribution in [-0.4, -0.2) is 53.1 Å². The molecule has 8 nitrogen and oxygen atoms in total. The monoisotopic (exact) mass is 511 g/mol. The van der Waals surface area contributed by atoms with Gasteiger partial charge in [0.2, 0.25) is 11.8 Å². The second kappa shape index (κ2) is 13.7. The van der Waals surface area contributed by atoms with E-state index in [2.05, 4.69) is 17.6 Å². The molecule has 0 saturated carbocycles. The largest absolute Gasteiger partial charge is 0.508 e. The highest BCUT2D eigenvalue weighted by Gasteiger charge is 2.34. The number of aromatic hydroxyl groups is 1. The smallest absolute Gasteiger partial charge is 0.408 e. The lowest BCUT2D eigenvalue weighted by atomic mass is 10.00. The average molecular weight is 512 g/mol. The number of nitrogens with zero attached hydrogens (tertiary/aromatic N) is 1. The highest BCUT2D eigenvalue weighted by molar-refractivity contribution is 5.92. The van der Waals surface area contributed by atoms with Crippen molar-refractivity contribution in [1.29, 1.82) is 0 Å². The van der Waals surface area contributed by atoms with Crippen LogP contribution in [0.3, 0.4) is 0 Å². The highest BCUT2D eigenvalue weighted by Crippen LogP contribution is 2.23. The molecule has 0 spiro atoms. The zero-order valence-corrected chi connectivity index (χ0v) is 22.8. The fraction of sp³-hybridized carbons (Fsp3) is 0.483. The van der Waals surface area contributed by atoms with Gasteiger partial charge in [-0.15, -0.1) is 0 Å². The first-order valence-corrected chi connectivity index (χ1v) is 12.8. The van der Waals surface area contributed by atoms with E-state index in [0.717, 1.165) is 30.4 Å². The number of aryl methyl sites for hydroxylation is 1. The van der Waals surface area contributed by atoms with E-state index < -0.39 is 29.7 Å². The number of phenolic OH excluding ortho intramolecular Hbond substituents is 1. The number of hydrogen-bond donors (Lipinski definition) is 3. The number of likely N-dealkylation sites (N-methyl/N-ethyl adjacent to an activating group) is 1. The van der Waals surface area contributed by atoms with Crippen molar-refractivity contribution in [2.45, 2.75) is 78.0 Å². The van der Waals surface area contributed by atoms with Crippen LogP contribution in [0, 0.1) is 6.92 Å². The number of carbonyl (C=O) groups is 3. The van der Waals surface area contributed by atoms with Gasteiger partial charge in [-0.25, -0.2) is 4.79 Å². The Kier molecular flexibility index (Phi) is 11.0. The lowest BCUT2D eigenvalue weighted by Crippen LogP contribution is -2.52. The number of nitrogens with one attached hydrogen (secondary N) is 2. The minimum Gasteiger partial charge on any atom is -0.508 e. The van der Waals surface area contributed by atoms with Gasteiger partial charge in [-0.3, -0.25) is 9.59 Å².